The number of ether oxygens (including phenoxy) is 2. The number of nitrogens with one attached hydrogen (secondary N) is 1. The van der Waals surface area contributed by atoms with Gasteiger partial charge in [0.15, 0.2) is 17.2 Å². The van der Waals surface area contributed by atoms with Gasteiger partial charge in [0.25, 0.3) is 5.91 Å². The highest BCUT2D eigenvalue weighted by molar-refractivity contribution is 5.91. The van der Waals surface area contributed by atoms with Crippen molar-refractivity contribution in [2.45, 2.75) is 33.5 Å². The minimum absolute atomic E-state index is 0.228. The molecule has 1 aliphatic rings. The summed E-state index contributed by atoms with van der Waals surface area (Å²) in [5.41, 5.74) is 5.11. The third kappa shape index (κ3) is 6.15. The fraction of sp³-hybridized carbons (Fsp3) is 0.385. The number of fused-ring (bicyclic) bond motifs is 1. The molecule has 3 aromatic rings. The molecule has 34 heavy (non-hydrogen) atoms. The molecule has 2 heterocycles. The molecule has 0 atom stereocenters. The summed E-state index contributed by atoms with van der Waals surface area (Å²) in [4.78, 5) is 21.1. The van der Waals surface area contributed by atoms with Crippen LogP contribution in [0.3, 0.4) is 0 Å². The summed E-state index contributed by atoms with van der Waals surface area (Å²) in [6.07, 6.45) is 1.43. The summed E-state index contributed by atoms with van der Waals surface area (Å²) in [7, 11) is 3.93. The van der Waals surface area contributed by atoms with E-state index in [1.54, 1.807) is 0 Å². The van der Waals surface area contributed by atoms with Crippen LogP contribution in [0.15, 0.2) is 47.1 Å². The Balaban J connectivity index is 1.49. The summed E-state index contributed by atoms with van der Waals surface area (Å²) >= 11 is 0. The first-order valence-electron chi connectivity index (χ1n) is 11.4. The van der Waals surface area contributed by atoms with Crippen LogP contribution in [0.2, 0.25) is 0 Å². The molecule has 1 aromatic heterocycles. The van der Waals surface area contributed by atoms with Gasteiger partial charge in [0.05, 0.1) is 6.54 Å². The minimum atomic E-state index is -0.228. The van der Waals surface area contributed by atoms with Crippen LogP contribution in [-0.2, 0) is 19.6 Å². The first kappa shape index (κ1) is 23.8. The van der Waals surface area contributed by atoms with Crippen molar-refractivity contribution in [2.75, 3.05) is 34.0 Å². The number of oxazole rings is 1. The lowest BCUT2D eigenvalue weighted by atomic mass is 10.0. The van der Waals surface area contributed by atoms with E-state index in [2.05, 4.69) is 47.2 Å². The molecular weight excluding hydrogens is 432 g/mol. The number of aromatic nitrogens is 1. The summed E-state index contributed by atoms with van der Waals surface area (Å²) in [6.45, 7) is 7.63. The van der Waals surface area contributed by atoms with E-state index in [0.717, 1.165) is 23.6 Å². The Labute approximate surface area is 200 Å². The Kier molecular flexibility index (Phi) is 7.49. The first-order chi connectivity index (χ1) is 16.4. The van der Waals surface area contributed by atoms with Gasteiger partial charge in [0, 0.05) is 26.2 Å². The van der Waals surface area contributed by atoms with Gasteiger partial charge in [-0.1, -0.05) is 29.8 Å². The Bertz CT molecular complexity index is 1140. The molecule has 1 N–H and O–H groups in total. The maximum atomic E-state index is 12.4. The SMILES string of the molecule is Cc1ccc(CN(Cc2ccc3c(c2)OCO3)Cc2nc(C(=O)NCCN(C)C)co2)c(C)c1. The second-order valence-electron chi connectivity index (χ2n) is 8.95. The molecule has 0 bridgehead atoms. The van der Waals surface area contributed by atoms with Gasteiger partial charge >= 0.3 is 0 Å². The van der Waals surface area contributed by atoms with Crippen LogP contribution in [0, 0.1) is 13.8 Å². The van der Waals surface area contributed by atoms with E-state index >= 15 is 0 Å². The number of rotatable bonds is 10. The van der Waals surface area contributed by atoms with Crippen LogP contribution in [0.25, 0.3) is 0 Å². The van der Waals surface area contributed by atoms with E-state index < -0.39 is 0 Å². The number of aryl methyl sites for hydroxylation is 2. The number of likely N-dealkylation sites (N-methyl/N-ethyl adjacent to an activating group) is 1. The molecular formula is C26H32N4O4. The van der Waals surface area contributed by atoms with Crippen LogP contribution in [-0.4, -0.2) is 54.7 Å². The van der Waals surface area contributed by atoms with E-state index in [4.69, 9.17) is 13.9 Å². The fourth-order valence-corrected chi connectivity index (χ4v) is 3.89. The highest BCUT2D eigenvalue weighted by Gasteiger charge is 2.18. The zero-order chi connectivity index (χ0) is 24.1. The number of nitrogens with zero attached hydrogens (tertiary/aromatic N) is 3. The van der Waals surface area contributed by atoms with Gasteiger partial charge in [0.1, 0.15) is 6.26 Å². The molecule has 0 aliphatic carbocycles. The lowest BCUT2D eigenvalue weighted by molar-refractivity contribution is 0.0946. The van der Waals surface area contributed by atoms with E-state index in [0.29, 0.717) is 37.8 Å². The zero-order valence-corrected chi connectivity index (χ0v) is 20.3. The second kappa shape index (κ2) is 10.7. The number of benzene rings is 2. The van der Waals surface area contributed by atoms with Gasteiger partial charge in [-0.25, -0.2) is 4.98 Å². The number of carbonyl (C=O) groups is 1. The molecule has 0 saturated heterocycles. The Hall–Kier alpha value is -3.36. The van der Waals surface area contributed by atoms with Crippen molar-refractivity contribution < 1.29 is 18.7 Å². The normalized spacial score (nSPS) is 12.5. The molecule has 0 unspecified atom stereocenters. The summed E-state index contributed by atoms with van der Waals surface area (Å²) in [6, 6.07) is 12.5. The first-order valence-corrected chi connectivity index (χ1v) is 11.4. The number of hydrogen-bond donors (Lipinski definition) is 1. The summed E-state index contributed by atoms with van der Waals surface area (Å²) < 4.78 is 16.7. The molecule has 0 spiro atoms. The maximum absolute atomic E-state index is 12.4. The van der Waals surface area contributed by atoms with E-state index in [-0.39, 0.29) is 12.7 Å². The summed E-state index contributed by atoms with van der Waals surface area (Å²) in [5.74, 6) is 1.80. The Morgan fingerprint density at radius 1 is 1.03 bits per heavy atom. The molecule has 4 rings (SSSR count). The highest BCUT2D eigenvalue weighted by Crippen LogP contribution is 2.33. The second-order valence-corrected chi connectivity index (χ2v) is 8.95. The molecule has 0 saturated carbocycles. The molecule has 1 aliphatic heterocycles. The predicted molar refractivity (Wildman–Crippen MR) is 129 cm³/mol. The fourth-order valence-electron chi connectivity index (χ4n) is 3.89. The number of hydrogen-bond acceptors (Lipinski definition) is 7. The smallest absolute Gasteiger partial charge is 0.273 e. The van der Waals surface area contributed by atoms with Crippen molar-refractivity contribution in [3.05, 3.63) is 76.5 Å². The van der Waals surface area contributed by atoms with Gasteiger partial charge in [-0.15, -0.1) is 0 Å². The van der Waals surface area contributed by atoms with Crippen molar-refractivity contribution in [2.24, 2.45) is 0 Å². The number of amides is 1. The maximum Gasteiger partial charge on any atom is 0.273 e. The molecule has 2 aromatic carbocycles. The average molecular weight is 465 g/mol. The van der Waals surface area contributed by atoms with Crippen molar-refractivity contribution in [3.63, 3.8) is 0 Å². The molecule has 180 valence electrons. The largest absolute Gasteiger partial charge is 0.454 e. The van der Waals surface area contributed by atoms with Crippen LogP contribution < -0.4 is 14.8 Å². The van der Waals surface area contributed by atoms with Crippen LogP contribution in [0.1, 0.15) is 38.6 Å². The molecule has 0 fully saturated rings. The van der Waals surface area contributed by atoms with Crippen molar-refractivity contribution in [1.29, 1.82) is 0 Å². The van der Waals surface area contributed by atoms with E-state index in [1.807, 2.05) is 37.2 Å². The lowest BCUT2D eigenvalue weighted by Gasteiger charge is -2.22. The van der Waals surface area contributed by atoms with Gasteiger partial charge < -0.3 is 24.1 Å². The predicted octanol–water partition coefficient (Wildman–Crippen LogP) is 3.51. The van der Waals surface area contributed by atoms with Crippen molar-refractivity contribution in [1.82, 2.24) is 20.1 Å². The third-order valence-electron chi connectivity index (χ3n) is 5.72. The summed E-state index contributed by atoms with van der Waals surface area (Å²) in [5, 5.41) is 2.87. The number of carbonyl (C=O) groups excluding carboxylic acids is 1. The topological polar surface area (TPSA) is 80.1 Å². The average Bonchev–Trinajstić information content (AvgIpc) is 3.44. The van der Waals surface area contributed by atoms with Gasteiger partial charge in [-0.2, -0.15) is 0 Å². The third-order valence-corrected chi connectivity index (χ3v) is 5.72. The van der Waals surface area contributed by atoms with E-state index in [9.17, 15) is 4.79 Å². The van der Waals surface area contributed by atoms with E-state index in [1.165, 1.54) is 23.0 Å². The highest BCUT2D eigenvalue weighted by atomic mass is 16.7. The standard InChI is InChI=1S/C26H32N4O4/c1-18-5-7-21(19(2)11-18)14-30(13-20-6-8-23-24(12-20)34-17-33-23)15-25-28-22(16-32-25)26(31)27-9-10-29(3)4/h5-8,11-12,16H,9-10,13-15,17H2,1-4H3,(H,27,31). The molecule has 0 radical (unpaired) electrons. The Morgan fingerprint density at radius 3 is 2.65 bits per heavy atom. The monoisotopic (exact) mass is 464 g/mol. The van der Waals surface area contributed by atoms with Gasteiger partial charge in [-0.3, -0.25) is 9.69 Å². The molecule has 1 amide bonds. The van der Waals surface area contributed by atoms with Crippen molar-refractivity contribution >= 4 is 5.91 Å². The van der Waals surface area contributed by atoms with Crippen LogP contribution in [0.4, 0.5) is 0 Å². The molecule has 8 heteroatoms. The van der Waals surface area contributed by atoms with Gasteiger partial charge in [-0.05, 0) is 56.8 Å². The van der Waals surface area contributed by atoms with Crippen LogP contribution in [0.5, 0.6) is 11.5 Å². The van der Waals surface area contributed by atoms with Crippen LogP contribution >= 0.6 is 0 Å². The quantitative estimate of drug-likeness (QED) is 0.492. The van der Waals surface area contributed by atoms with Crippen molar-refractivity contribution in [3.8, 4) is 11.5 Å². The minimum Gasteiger partial charge on any atom is -0.454 e. The molecule has 8 nitrogen and oxygen atoms in total. The lowest BCUT2D eigenvalue weighted by Crippen LogP contribution is -2.31. The zero-order valence-electron chi connectivity index (χ0n) is 20.3. The van der Waals surface area contributed by atoms with Gasteiger partial charge in [0.2, 0.25) is 12.7 Å². The Morgan fingerprint density at radius 2 is 1.85 bits per heavy atom.